The first-order valence-electron chi connectivity index (χ1n) is 8.02. The zero-order valence-corrected chi connectivity index (χ0v) is 13.9. The molecule has 0 saturated carbocycles. The van der Waals surface area contributed by atoms with Gasteiger partial charge in [-0.3, -0.25) is 4.79 Å². The molecule has 1 unspecified atom stereocenters. The molecule has 1 aromatic heterocycles. The van der Waals surface area contributed by atoms with E-state index in [2.05, 4.69) is 16.0 Å². The van der Waals surface area contributed by atoms with Gasteiger partial charge in [0.2, 0.25) is 0 Å². The van der Waals surface area contributed by atoms with Crippen LogP contribution >= 0.6 is 0 Å². The minimum absolute atomic E-state index is 0.100. The average molecular weight is 338 g/mol. The number of hydrogen-bond acceptors (Lipinski definition) is 6. The van der Waals surface area contributed by atoms with Crippen molar-refractivity contribution in [1.29, 1.82) is 5.26 Å². The Morgan fingerprint density at radius 1 is 1.32 bits per heavy atom. The first-order valence-corrected chi connectivity index (χ1v) is 8.02. The summed E-state index contributed by atoms with van der Waals surface area (Å²) in [7, 11) is 1.51. The van der Waals surface area contributed by atoms with Crippen molar-refractivity contribution in [2.24, 2.45) is 0 Å². The number of likely N-dealkylation sites (tertiary alicyclic amines) is 1. The second-order valence-electron chi connectivity index (χ2n) is 5.70. The van der Waals surface area contributed by atoms with Crippen molar-refractivity contribution in [3.05, 3.63) is 47.8 Å². The van der Waals surface area contributed by atoms with Crippen LogP contribution in [0.25, 0.3) is 0 Å². The molecule has 1 atom stereocenters. The summed E-state index contributed by atoms with van der Waals surface area (Å²) in [5.41, 5.74) is 0.983. The number of ether oxygens (including phenoxy) is 2. The van der Waals surface area contributed by atoms with Crippen LogP contribution in [0.5, 0.6) is 11.8 Å². The summed E-state index contributed by atoms with van der Waals surface area (Å²) in [6, 6.07) is 8.78. The molecular weight excluding hydrogens is 320 g/mol. The molecule has 0 spiro atoms. The third-order valence-electron chi connectivity index (χ3n) is 4.01. The lowest BCUT2D eigenvalue weighted by Gasteiger charge is -2.32. The maximum Gasteiger partial charge on any atom is 0.278 e. The summed E-state index contributed by atoms with van der Waals surface area (Å²) in [6.07, 6.45) is 4.54. The second-order valence-corrected chi connectivity index (χ2v) is 5.70. The topological polar surface area (TPSA) is 88.3 Å². The standard InChI is InChI=1S/C18H18N4O3/c1-24-16-17(21-8-7-20-16)25-15-6-3-9-22(12-15)18(23)14-5-2-4-13(10-14)11-19/h2,4-5,7-8,10,15H,3,6,9,12H2,1H3. The molecule has 0 radical (unpaired) electrons. The zero-order valence-electron chi connectivity index (χ0n) is 13.9. The van der Waals surface area contributed by atoms with E-state index < -0.39 is 0 Å². The third-order valence-corrected chi connectivity index (χ3v) is 4.01. The molecule has 0 bridgehead atoms. The van der Waals surface area contributed by atoms with E-state index >= 15 is 0 Å². The molecule has 128 valence electrons. The lowest BCUT2D eigenvalue weighted by Crippen LogP contribution is -2.44. The van der Waals surface area contributed by atoms with Crippen LogP contribution in [-0.2, 0) is 0 Å². The van der Waals surface area contributed by atoms with Gasteiger partial charge in [-0.15, -0.1) is 0 Å². The minimum Gasteiger partial charge on any atom is -0.477 e. The van der Waals surface area contributed by atoms with Gasteiger partial charge in [0, 0.05) is 24.5 Å². The van der Waals surface area contributed by atoms with Gasteiger partial charge in [0.25, 0.3) is 17.7 Å². The molecule has 1 saturated heterocycles. The number of carbonyl (C=O) groups is 1. The highest BCUT2D eigenvalue weighted by molar-refractivity contribution is 5.94. The number of nitrogens with zero attached hydrogens (tertiary/aromatic N) is 4. The van der Waals surface area contributed by atoms with Gasteiger partial charge < -0.3 is 14.4 Å². The van der Waals surface area contributed by atoms with Crippen LogP contribution in [-0.4, -0.2) is 47.1 Å². The normalized spacial score (nSPS) is 16.8. The number of piperidine rings is 1. The Morgan fingerprint density at radius 2 is 2.12 bits per heavy atom. The molecule has 2 aromatic rings. The van der Waals surface area contributed by atoms with E-state index in [1.807, 2.05) is 0 Å². The van der Waals surface area contributed by atoms with E-state index in [-0.39, 0.29) is 12.0 Å². The maximum atomic E-state index is 12.7. The van der Waals surface area contributed by atoms with Crippen molar-refractivity contribution >= 4 is 5.91 Å². The number of amides is 1. The fraction of sp³-hybridized carbons (Fsp3) is 0.333. The van der Waals surface area contributed by atoms with Crippen LogP contribution in [0.15, 0.2) is 36.7 Å². The summed E-state index contributed by atoms with van der Waals surface area (Å²) in [5, 5.41) is 8.99. The third kappa shape index (κ3) is 3.86. The van der Waals surface area contributed by atoms with Crippen LogP contribution in [0.4, 0.5) is 0 Å². The Balaban J connectivity index is 1.70. The van der Waals surface area contributed by atoms with E-state index in [0.717, 1.165) is 12.8 Å². The van der Waals surface area contributed by atoms with E-state index in [4.69, 9.17) is 14.7 Å². The second kappa shape index (κ2) is 7.62. The fourth-order valence-electron chi connectivity index (χ4n) is 2.81. The number of methoxy groups -OCH3 is 1. The van der Waals surface area contributed by atoms with Crippen molar-refractivity contribution in [3.8, 4) is 17.8 Å². The summed E-state index contributed by atoms with van der Waals surface area (Å²) < 4.78 is 11.0. The monoisotopic (exact) mass is 338 g/mol. The van der Waals surface area contributed by atoms with Crippen LogP contribution in [0.2, 0.25) is 0 Å². The highest BCUT2D eigenvalue weighted by Gasteiger charge is 2.27. The number of carbonyl (C=O) groups excluding carboxylic acids is 1. The summed E-state index contributed by atoms with van der Waals surface area (Å²) >= 11 is 0. The Morgan fingerprint density at radius 3 is 2.88 bits per heavy atom. The smallest absolute Gasteiger partial charge is 0.278 e. The van der Waals surface area contributed by atoms with E-state index in [0.29, 0.717) is 36.0 Å². The molecule has 25 heavy (non-hydrogen) atoms. The highest BCUT2D eigenvalue weighted by Crippen LogP contribution is 2.24. The molecule has 7 heteroatoms. The quantitative estimate of drug-likeness (QED) is 0.847. The Hall–Kier alpha value is -3.14. The highest BCUT2D eigenvalue weighted by atomic mass is 16.5. The number of hydrogen-bond donors (Lipinski definition) is 0. The molecule has 1 aromatic carbocycles. The number of rotatable bonds is 4. The van der Waals surface area contributed by atoms with Crippen LogP contribution in [0, 0.1) is 11.3 Å². The average Bonchev–Trinajstić information content (AvgIpc) is 2.68. The first kappa shape index (κ1) is 16.7. The van der Waals surface area contributed by atoms with Gasteiger partial charge in [-0.25, -0.2) is 9.97 Å². The van der Waals surface area contributed by atoms with Crippen molar-refractivity contribution < 1.29 is 14.3 Å². The molecule has 1 amide bonds. The largest absolute Gasteiger partial charge is 0.477 e. The van der Waals surface area contributed by atoms with Gasteiger partial charge in [-0.2, -0.15) is 5.26 Å². The van der Waals surface area contributed by atoms with Crippen LogP contribution in [0.3, 0.4) is 0 Å². The summed E-state index contributed by atoms with van der Waals surface area (Å²) in [4.78, 5) is 22.6. The Bertz CT molecular complexity index is 803. The van der Waals surface area contributed by atoms with Gasteiger partial charge >= 0.3 is 0 Å². The fourth-order valence-corrected chi connectivity index (χ4v) is 2.81. The van der Waals surface area contributed by atoms with Gasteiger partial charge in [0.05, 0.1) is 25.3 Å². The van der Waals surface area contributed by atoms with E-state index in [1.54, 1.807) is 29.2 Å². The summed E-state index contributed by atoms with van der Waals surface area (Å²) in [5.74, 6) is 0.556. The number of nitriles is 1. The maximum absolute atomic E-state index is 12.7. The van der Waals surface area contributed by atoms with Gasteiger partial charge in [0.1, 0.15) is 6.10 Å². The summed E-state index contributed by atoms with van der Waals surface area (Å²) in [6.45, 7) is 1.11. The predicted octanol–water partition coefficient (Wildman–Crippen LogP) is 2.04. The van der Waals surface area contributed by atoms with E-state index in [1.165, 1.54) is 19.5 Å². The Kier molecular flexibility index (Phi) is 5.09. The van der Waals surface area contributed by atoms with Crippen molar-refractivity contribution in [2.45, 2.75) is 18.9 Å². The lowest BCUT2D eigenvalue weighted by atomic mass is 10.1. The molecule has 2 heterocycles. The van der Waals surface area contributed by atoms with Gasteiger partial charge in [0.15, 0.2) is 0 Å². The van der Waals surface area contributed by atoms with Crippen LogP contribution < -0.4 is 9.47 Å². The Labute approximate surface area is 145 Å². The lowest BCUT2D eigenvalue weighted by molar-refractivity contribution is 0.0519. The minimum atomic E-state index is -0.178. The van der Waals surface area contributed by atoms with Crippen molar-refractivity contribution in [1.82, 2.24) is 14.9 Å². The van der Waals surface area contributed by atoms with E-state index in [9.17, 15) is 4.79 Å². The molecule has 7 nitrogen and oxygen atoms in total. The van der Waals surface area contributed by atoms with Gasteiger partial charge in [-0.1, -0.05) is 6.07 Å². The van der Waals surface area contributed by atoms with Crippen molar-refractivity contribution in [2.75, 3.05) is 20.2 Å². The van der Waals surface area contributed by atoms with Gasteiger partial charge in [-0.05, 0) is 31.0 Å². The molecule has 1 aliphatic heterocycles. The molecule has 0 N–H and O–H groups in total. The first-order chi connectivity index (χ1) is 12.2. The van der Waals surface area contributed by atoms with Crippen molar-refractivity contribution in [3.63, 3.8) is 0 Å². The predicted molar refractivity (Wildman–Crippen MR) is 89.3 cm³/mol. The van der Waals surface area contributed by atoms with Crippen LogP contribution in [0.1, 0.15) is 28.8 Å². The molecule has 0 aliphatic carbocycles. The molecule has 3 rings (SSSR count). The number of benzene rings is 1. The molecular formula is C18H18N4O3. The zero-order chi connectivity index (χ0) is 17.6. The SMILES string of the molecule is COc1nccnc1OC1CCCN(C(=O)c2cccc(C#N)c2)C1. The molecule has 1 fully saturated rings. The molecule has 1 aliphatic rings. The number of aromatic nitrogens is 2.